The molecule has 1 aliphatic rings. The topological polar surface area (TPSA) is 97.5 Å². The van der Waals surface area contributed by atoms with Crippen LogP contribution < -0.4 is 20.7 Å². The highest BCUT2D eigenvalue weighted by atomic mass is 19.1. The second-order valence-corrected chi connectivity index (χ2v) is 8.07. The fourth-order valence-corrected chi connectivity index (χ4v) is 3.61. The number of carbonyl (C=O) groups is 2. The predicted molar refractivity (Wildman–Crippen MR) is 125 cm³/mol. The molecule has 3 aromatic rings. The van der Waals surface area contributed by atoms with E-state index in [-0.39, 0.29) is 6.54 Å². The number of benzene rings is 2. The van der Waals surface area contributed by atoms with Crippen LogP contribution in [0.4, 0.5) is 21.6 Å². The van der Waals surface area contributed by atoms with Gasteiger partial charge >= 0.3 is 11.8 Å². The van der Waals surface area contributed by atoms with Crippen LogP contribution in [0.2, 0.25) is 0 Å². The first-order valence-electron chi connectivity index (χ1n) is 10.6. The lowest BCUT2D eigenvalue weighted by Crippen LogP contribution is -2.40. The molecule has 0 unspecified atom stereocenters. The van der Waals surface area contributed by atoms with Crippen molar-refractivity contribution in [2.45, 2.75) is 32.2 Å². The Morgan fingerprint density at radius 1 is 1.21 bits per heavy atom. The maximum Gasteiger partial charge on any atom is 0.317 e. The zero-order chi connectivity index (χ0) is 23.5. The SMILES string of the molecule is COc1ccccc1N(Cc1ccc(C2CC2)cc1F)C(=O)C(=O)Nc1cnc(N)c(C)c1. The van der Waals surface area contributed by atoms with Crippen LogP contribution in [0.3, 0.4) is 0 Å². The predicted octanol–water partition coefficient (Wildman–Crippen LogP) is 4.17. The van der Waals surface area contributed by atoms with E-state index in [4.69, 9.17) is 10.5 Å². The molecular weight excluding hydrogens is 423 g/mol. The van der Waals surface area contributed by atoms with E-state index in [1.807, 2.05) is 6.07 Å². The summed E-state index contributed by atoms with van der Waals surface area (Å²) < 4.78 is 20.3. The van der Waals surface area contributed by atoms with Crippen LogP contribution in [-0.4, -0.2) is 23.9 Å². The van der Waals surface area contributed by atoms with Gasteiger partial charge < -0.3 is 15.8 Å². The minimum Gasteiger partial charge on any atom is -0.495 e. The van der Waals surface area contributed by atoms with Crippen molar-refractivity contribution in [2.75, 3.05) is 23.1 Å². The summed E-state index contributed by atoms with van der Waals surface area (Å²) in [6.07, 6.45) is 3.49. The minimum atomic E-state index is -0.887. The zero-order valence-electron chi connectivity index (χ0n) is 18.5. The van der Waals surface area contributed by atoms with Gasteiger partial charge in [-0.25, -0.2) is 9.37 Å². The first kappa shape index (κ1) is 22.3. The summed E-state index contributed by atoms with van der Waals surface area (Å²) in [6.45, 7) is 1.61. The Hall–Kier alpha value is -3.94. The molecule has 0 bridgehead atoms. The Bertz CT molecular complexity index is 1210. The van der Waals surface area contributed by atoms with Crippen molar-refractivity contribution in [1.29, 1.82) is 0 Å². The van der Waals surface area contributed by atoms with Gasteiger partial charge in [0.05, 0.1) is 31.2 Å². The summed E-state index contributed by atoms with van der Waals surface area (Å²) in [5, 5.41) is 2.55. The lowest BCUT2D eigenvalue weighted by Gasteiger charge is -2.24. The van der Waals surface area contributed by atoms with Crippen molar-refractivity contribution < 1.29 is 18.7 Å². The van der Waals surface area contributed by atoms with Crippen molar-refractivity contribution in [3.8, 4) is 5.75 Å². The molecule has 170 valence electrons. The molecule has 1 aromatic heterocycles. The fourth-order valence-electron chi connectivity index (χ4n) is 3.61. The van der Waals surface area contributed by atoms with Gasteiger partial charge in [-0.3, -0.25) is 14.5 Å². The van der Waals surface area contributed by atoms with E-state index in [1.54, 1.807) is 43.3 Å². The number of hydrogen-bond acceptors (Lipinski definition) is 5. The number of nitrogen functional groups attached to an aromatic ring is 1. The van der Waals surface area contributed by atoms with E-state index in [0.717, 1.165) is 18.4 Å². The quantitative estimate of drug-likeness (QED) is 0.552. The number of amides is 2. The molecular formula is C25H25FN4O3. The number of para-hydroxylation sites is 2. The van der Waals surface area contributed by atoms with Crippen LogP contribution in [0.5, 0.6) is 5.75 Å². The van der Waals surface area contributed by atoms with Gasteiger partial charge in [0.1, 0.15) is 17.4 Å². The second kappa shape index (κ2) is 9.28. The second-order valence-electron chi connectivity index (χ2n) is 8.07. The van der Waals surface area contributed by atoms with Crippen molar-refractivity contribution in [3.05, 3.63) is 77.2 Å². The molecule has 4 rings (SSSR count). The summed E-state index contributed by atoms with van der Waals surface area (Å²) in [4.78, 5) is 31.3. The smallest absolute Gasteiger partial charge is 0.317 e. The Balaban J connectivity index is 1.64. The molecule has 0 aliphatic heterocycles. The van der Waals surface area contributed by atoms with Crippen molar-refractivity contribution in [2.24, 2.45) is 0 Å². The molecule has 1 heterocycles. The first-order chi connectivity index (χ1) is 15.9. The van der Waals surface area contributed by atoms with E-state index in [1.165, 1.54) is 24.3 Å². The number of aromatic nitrogens is 1. The normalized spacial score (nSPS) is 12.8. The largest absolute Gasteiger partial charge is 0.495 e. The summed E-state index contributed by atoms with van der Waals surface area (Å²) in [7, 11) is 1.47. The van der Waals surface area contributed by atoms with Gasteiger partial charge in [-0.15, -0.1) is 0 Å². The van der Waals surface area contributed by atoms with Gasteiger partial charge in [-0.2, -0.15) is 0 Å². The number of methoxy groups -OCH3 is 1. The molecule has 0 saturated heterocycles. The number of aryl methyl sites for hydroxylation is 1. The number of ether oxygens (including phenoxy) is 1. The van der Waals surface area contributed by atoms with Crippen molar-refractivity contribution >= 4 is 29.0 Å². The van der Waals surface area contributed by atoms with Crippen LogP contribution in [0, 0.1) is 12.7 Å². The van der Waals surface area contributed by atoms with Gasteiger partial charge in [0, 0.05) is 5.56 Å². The highest BCUT2D eigenvalue weighted by Crippen LogP contribution is 2.40. The number of nitrogens with zero attached hydrogens (tertiary/aromatic N) is 2. The molecule has 1 fully saturated rings. The molecule has 1 aliphatic carbocycles. The first-order valence-corrected chi connectivity index (χ1v) is 10.6. The number of nitrogens with one attached hydrogen (secondary N) is 1. The summed E-state index contributed by atoms with van der Waals surface area (Å²) in [5.41, 5.74) is 8.34. The average molecular weight is 448 g/mol. The van der Waals surface area contributed by atoms with Gasteiger partial charge in [-0.1, -0.05) is 24.3 Å². The third kappa shape index (κ3) is 4.95. The molecule has 0 spiro atoms. The third-order valence-electron chi connectivity index (χ3n) is 5.65. The van der Waals surface area contributed by atoms with Gasteiger partial charge in [0.15, 0.2) is 0 Å². The van der Waals surface area contributed by atoms with Crippen LogP contribution in [0.15, 0.2) is 54.7 Å². The minimum absolute atomic E-state index is 0.136. The van der Waals surface area contributed by atoms with E-state index in [0.29, 0.717) is 40.0 Å². The molecule has 8 heteroatoms. The van der Waals surface area contributed by atoms with E-state index >= 15 is 0 Å². The van der Waals surface area contributed by atoms with Gasteiger partial charge in [0.2, 0.25) is 0 Å². The molecule has 2 aromatic carbocycles. The van der Waals surface area contributed by atoms with Crippen molar-refractivity contribution in [3.63, 3.8) is 0 Å². The molecule has 2 amide bonds. The van der Waals surface area contributed by atoms with Crippen LogP contribution >= 0.6 is 0 Å². The Labute approximate surface area is 191 Å². The Kier molecular flexibility index (Phi) is 6.26. The van der Waals surface area contributed by atoms with Crippen LogP contribution in [0.25, 0.3) is 0 Å². The monoisotopic (exact) mass is 448 g/mol. The average Bonchev–Trinajstić information content (AvgIpc) is 3.66. The lowest BCUT2D eigenvalue weighted by atomic mass is 10.1. The third-order valence-corrected chi connectivity index (χ3v) is 5.65. The van der Waals surface area contributed by atoms with Gasteiger partial charge in [-0.05, 0) is 61.1 Å². The molecule has 7 nitrogen and oxygen atoms in total. The van der Waals surface area contributed by atoms with E-state index in [2.05, 4.69) is 10.3 Å². The highest BCUT2D eigenvalue weighted by Gasteiger charge is 2.28. The fraction of sp³-hybridized carbons (Fsp3) is 0.240. The molecule has 0 radical (unpaired) electrons. The number of carbonyl (C=O) groups excluding carboxylic acids is 2. The van der Waals surface area contributed by atoms with Crippen molar-refractivity contribution in [1.82, 2.24) is 4.98 Å². The lowest BCUT2D eigenvalue weighted by molar-refractivity contribution is -0.134. The molecule has 3 N–H and O–H groups in total. The summed E-state index contributed by atoms with van der Waals surface area (Å²) in [5.74, 6) is -1.03. The van der Waals surface area contributed by atoms with E-state index < -0.39 is 17.6 Å². The van der Waals surface area contributed by atoms with Crippen LogP contribution in [0.1, 0.15) is 35.4 Å². The number of rotatable bonds is 6. The standard InChI is InChI=1S/C25H25FN4O3/c1-15-11-19(13-28-23(15)27)29-24(31)25(32)30(21-5-3-4-6-22(21)33-2)14-18-10-9-17(12-20(18)26)16-7-8-16/h3-6,9-13,16H,7-8,14H2,1-2H3,(H2,27,28)(H,29,31). The molecule has 1 saturated carbocycles. The maximum atomic E-state index is 14.9. The Morgan fingerprint density at radius 2 is 1.97 bits per heavy atom. The molecule has 33 heavy (non-hydrogen) atoms. The maximum absolute atomic E-state index is 14.9. The number of anilines is 3. The number of nitrogens with two attached hydrogens (primary N) is 1. The highest BCUT2D eigenvalue weighted by molar-refractivity contribution is 6.44. The molecule has 0 atom stereocenters. The van der Waals surface area contributed by atoms with E-state index in [9.17, 15) is 14.0 Å². The summed E-state index contributed by atoms with van der Waals surface area (Å²) >= 11 is 0. The number of pyridine rings is 1. The number of halogens is 1. The summed E-state index contributed by atoms with van der Waals surface area (Å²) in [6, 6.07) is 13.5. The zero-order valence-corrected chi connectivity index (χ0v) is 18.5. The van der Waals surface area contributed by atoms with Crippen LogP contribution in [-0.2, 0) is 16.1 Å². The Morgan fingerprint density at radius 3 is 2.64 bits per heavy atom. The van der Waals surface area contributed by atoms with Gasteiger partial charge in [0.25, 0.3) is 0 Å². The number of hydrogen-bond donors (Lipinski definition) is 2.